The van der Waals surface area contributed by atoms with Crippen LogP contribution in [0.5, 0.6) is 11.5 Å². The van der Waals surface area contributed by atoms with Gasteiger partial charge < -0.3 is 14.8 Å². The van der Waals surface area contributed by atoms with Crippen LogP contribution in [0.3, 0.4) is 0 Å². The molecule has 0 fully saturated rings. The van der Waals surface area contributed by atoms with E-state index < -0.39 is 10.0 Å². The Morgan fingerprint density at radius 2 is 1.69 bits per heavy atom. The number of nitrogens with two attached hydrogens (primary N) is 1. The zero-order valence-corrected chi connectivity index (χ0v) is 20.8. The van der Waals surface area contributed by atoms with Crippen molar-refractivity contribution in [2.24, 2.45) is 5.14 Å². The number of nitrogens with one attached hydrogen (secondary N) is 1. The number of aryl methyl sites for hydroxylation is 2. The molecule has 3 N–H and O–H groups in total. The number of nitrogens with zero attached hydrogens (tertiary/aromatic N) is 5. The molecule has 0 aliphatic rings. The number of rotatable bonds is 7. The Bertz CT molecular complexity index is 1590. The first-order valence-electron chi connectivity index (χ1n) is 10.6. The van der Waals surface area contributed by atoms with Gasteiger partial charge in [-0.1, -0.05) is 0 Å². The molecule has 2 aromatic heterocycles. The molecular formula is C24H23N7O4S. The molecule has 0 saturated carbocycles. The van der Waals surface area contributed by atoms with Crippen LogP contribution in [0.15, 0.2) is 53.4 Å². The van der Waals surface area contributed by atoms with Gasteiger partial charge in [0.2, 0.25) is 16.0 Å². The molecule has 0 amide bonds. The lowest BCUT2D eigenvalue weighted by Crippen LogP contribution is -2.12. The third kappa shape index (κ3) is 4.83. The topological polar surface area (TPSA) is 158 Å². The first-order chi connectivity index (χ1) is 17.1. The van der Waals surface area contributed by atoms with Crippen molar-refractivity contribution in [1.29, 1.82) is 5.26 Å². The van der Waals surface area contributed by atoms with Gasteiger partial charge in [0.1, 0.15) is 11.6 Å². The second-order valence-electron chi connectivity index (χ2n) is 7.81. The number of hydrogen-bond donors (Lipinski definition) is 2. The maximum Gasteiger partial charge on any atom is 0.238 e. The maximum absolute atomic E-state index is 11.6. The Morgan fingerprint density at radius 1 is 1.00 bits per heavy atom. The highest BCUT2D eigenvalue weighted by atomic mass is 32.2. The van der Waals surface area contributed by atoms with Gasteiger partial charge in [-0.25, -0.2) is 23.2 Å². The summed E-state index contributed by atoms with van der Waals surface area (Å²) in [6.07, 6.45) is 0. The van der Waals surface area contributed by atoms with Crippen LogP contribution in [-0.2, 0) is 10.0 Å². The van der Waals surface area contributed by atoms with Crippen LogP contribution >= 0.6 is 0 Å². The lowest BCUT2D eigenvalue weighted by atomic mass is 10.1. The summed E-state index contributed by atoms with van der Waals surface area (Å²) in [4.78, 5) is 9.16. The Balaban J connectivity index is 1.90. The van der Waals surface area contributed by atoms with E-state index in [0.717, 1.165) is 11.4 Å². The summed E-state index contributed by atoms with van der Waals surface area (Å²) in [6.45, 7) is 3.70. The molecular weight excluding hydrogens is 482 g/mol. The van der Waals surface area contributed by atoms with E-state index in [1.807, 2.05) is 19.9 Å². The quantitative estimate of drug-likeness (QED) is 0.384. The van der Waals surface area contributed by atoms with Crippen LogP contribution in [-0.4, -0.2) is 42.4 Å². The number of ether oxygens (including phenoxy) is 2. The standard InChI is InChI=1S/C24H23N7O4S/c1-14-11-15(2)31(30-14)23-19(13-25)22(16-5-10-20(34-3)21(12-16)35-4)28-24(29-23)27-17-6-8-18(9-7-17)36(26,32)33/h5-12H,1-4H3,(H2,26,32,33)(H,27,28,29). The molecule has 4 aromatic rings. The maximum atomic E-state index is 11.6. The zero-order chi connectivity index (χ0) is 26.0. The lowest BCUT2D eigenvalue weighted by Gasteiger charge is -2.15. The number of nitriles is 1. The third-order valence-electron chi connectivity index (χ3n) is 5.31. The number of hydrogen-bond acceptors (Lipinski definition) is 9. The molecule has 36 heavy (non-hydrogen) atoms. The van der Waals surface area contributed by atoms with Gasteiger partial charge in [-0.2, -0.15) is 15.3 Å². The summed E-state index contributed by atoms with van der Waals surface area (Å²) in [5.74, 6) is 1.45. The molecule has 2 aromatic carbocycles. The summed E-state index contributed by atoms with van der Waals surface area (Å²) < 4.78 is 35.5. The lowest BCUT2D eigenvalue weighted by molar-refractivity contribution is 0.355. The van der Waals surface area contributed by atoms with Gasteiger partial charge in [-0.15, -0.1) is 0 Å². The summed E-state index contributed by atoms with van der Waals surface area (Å²) >= 11 is 0. The fourth-order valence-electron chi connectivity index (χ4n) is 3.65. The number of benzene rings is 2. The van der Waals surface area contributed by atoms with Crippen LogP contribution in [0.25, 0.3) is 17.1 Å². The molecule has 0 bridgehead atoms. The monoisotopic (exact) mass is 505 g/mol. The van der Waals surface area contributed by atoms with Crippen LogP contribution < -0.4 is 19.9 Å². The molecule has 0 saturated heterocycles. The minimum absolute atomic E-state index is 0.0249. The molecule has 184 valence electrons. The van der Waals surface area contributed by atoms with Crippen molar-refractivity contribution in [3.05, 3.63) is 65.5 Å². The van der Waals surface area contributed by atoms with Crippen molar-refractivity contribution in [2.45, 2.75) is 18.7 Å². The summed E-state index contributed by atoms with van der Waals surface area (Å²) in [5.41, 5.74) is 3.22. The van der Waals surface area contributed by atoms with Gasteiger partial charge in [0.05, 0.1) is 30.5 Å². The van der Waals surface area contributed by atoms with E-state index in [1.54, 1.807) is 35.0 Å². The molecule has 0 aliphatic carbocycles. The molecule has 12 heteroatoms. The number of sulfonamides is 1. The molecule has 0 unspecified atom stereocenters. The van der Waals surface area contributed by atoms with Crippen LogP contribution in [0, 0.1) is 25.2 Å². The molecule has 0 spiro atoms. The fourth-order valence-corrected chi connectivity index (χ4v) is 4.17. The van der Waals surface area contributed by atoms with Crippen molar-refractivity contribution in [2.75, 3.05) is 19.5 Å². The van der Waals surface area contributed by atoms with Gasteiger partial charge in [-0.3, -0.25) is 0 Å². The van der Waals surface area contributed by atoms with E-state index in [2.05, 4.69) is 26.5 Å². The van der Waals surface area contributed by atoms with E-state index in [0.29, 0.717) is 28.4 Å². The van der Waals surface area contributed by atoms with Crippen molar-refractivity contribution in [1.82, 2.24) is 19.7 Å². The minimum Gasteiger partial charge on any atom is -0.493 e. The van der Waals surface area contributed by atoms with E-state index in [1.165, 1.54) is 26.4 Å². The third-order valence-corrected chi connectivity index (χ3v) is 6.24. The Hall–Kier alpha value is -4.47. The molecule has 0 aliphatic heterocycles. The van der Waals surface area contributed by atoms with Crippen molar-refractivity contribution >= 4 is 21.7 Å². The molecule has 0 atom stereocenters. The number of methoxy groups -OCH3 is 2. The van der Waals surface area contributed by atoms with Gasteiger partial charge in [-0.05, 0) is 62.4 Å². The molecule has 2 heterocycles. The average Bonchev–Trinajstić information content (AvgIpc) is 3.20. The molecule has 4 rings (SSSR count). The Labute approximate surface area is 208 Å². The second-order valence-corrected chi connectivity index (χ2v) is 9.37. The number of aromatic nitrogens is 4. The van der Waals surface area contributed by atoms with Crippen LogP contribution in [0.2, 0.25) is 0 Å². The first kappa shape index (κ1) is 24.6. The van der Waals surface area contributed by atoms with Gasteiger partial charge in [0.15, 0.2) is 17.3 Å². The van der Waals surface area contributed by atoms with E-state index in [4.69, 9.17) is 14.6 Å². The average molecular weight is 506 g/mol. The van der Waals surface area contributed by atoms with Crippen molar-refractivity contribution in [3.63, 3.8) is 0 Å². The van der Waals surface area contributed by atoms with E-state index >= 15 is 0 Å². The van der Waals surface area contributed by atoms with Gasteiger partial charge in [0, 0.05) is 16.9 Å². The Kier molecular flexibility index (Phi) is 6.61. The highest BCUT2D eigenvalue weighted by molar-refractivity contribution is 7.89. The second kappa shape index (κ2) is 9.65. The van der Waals surface area contributed by atoms with E-state index in [-0.39, 0.29) is 22.2 Å². The van der Waals surface area contributed by atoms with Crippen molar-refractivity contribution in [3.8, 4) is 34.6 Å². The highest BCUT2D eigenvalue weighted by Crippen LogP contribution is 2.35. The number of primary sulfonamides is 1. The SMILES string of the molecule is COc1ccc(-c2nc(Nc3ccc(S(N)(=O)=O)cc3)nc(-n3nc(C)cc3C)c2C#N)cc1OC. The summed E-state index contributed by atoms with van der Waals surface area (Å²) in [7, 11) is -0.776. The van der Waals surface area contributed by atoms with Gasteiger partial charge in [0.25, 0.3) is 0 Å². The predicted molar refractivity (Wildman–Crippen MR) is 133 cm³/mol. The zero-order valence-electron chi connectivity index (χ0n) is 20.0. The largest absolute Gasteiger partial charge is 0.493 e. The smallest absolute Gasteiger partial charge is 0.238 e. The summed E-state index contributed by atoms with van der Waals surface area (Å²) in [6, 6.07) is 15.1. The number of anilines is 2. The van der Waals surface area contributed by atoms with Crippen molar-refractivity contribution < 1.29 is 17.9 Å². The minimum atomic E-state index is -3.83. The Morgan fingerprint density at radius 3 is 2.25 bits per heavy atom. The molecule has 0 radical (unpaired) electrons. The highest BCUT2D eigenvalue weighted by Gasteiger charge is 2.21. The molecule has 11 nitrogen and oxygen atoms in total. The van der Waals surface area contributed by atoms with Crippen LogP contribution in [0.4, 0.5) is 11.6 Å². The van der Waals surface area contributed by atoms with Gasteiger partial charge >= 0.3 is 0 Å². The fraction of sp³-hybridized carbons (Fsp3) is 0.167. The normalized spacial score (nSPS) is 11.1. The van der Waals surface area contributed by atoms with Crippen LogP contribution in [0.1, 0.15) is 17.0 Å². The first-order valence-corrected chi connectivity index (χ1v) is 12.2. The summed E-state index contributed by atoms with van der Waals surface area (Å²) in [5, 5.41) is 22.9. The predicted octanol–water partition coefficient (Wildman–Crippen LogP) is 3.23. The van der Waals surface area contributed by atoms with E-state index in [9.17, 15) is 13.7 Å².